The topological polar surface area (TPSA) is 87.1 Å². The number of carbonyl (C=O) groups excluding carboxylic acids is 1. The van der Waals surface area contributed by atoms with Crippen LogP contribution in [0.25, 0.3) is 0 Å². The predicted octanol–water partition coefficient (Wildman–Crippen LogP) is 2.61. The van der Waals surface area contributed by atoms with Crippen molar-refractivity contribution in [3.8, 4) is 0 Å². The van der Waals surface area contributed by atoms with Gasteiger partial charge in [0.25, 0.3) is 0 Å². The highest BCUT2D eigenvalue weighted by molar-refractivity contribution is 5.98. The molecule has 6 heteroatoms. The van der Waals surface area contributed by atoms with Crippen LogP contribution in [0, 0.1) is 0 Å². The second-order valence-electron chi connectivity index (χ2n) is 5.94. The Kier molecular flexibility index (Phi) is 6.12. The van der Waals surface area contributed by atoms with Crippen LogP contribution in [0.2, 0.25) is 0 Å². The molecule has 1 aliphatic rings. The largest absolute Gasteiger partial charge is 0.393 e. The molecule has 1 fully saturated rings. The molecule has 0 saturated heterocycles. The number of hydrogen-bond acceptors (Lipinski definition) is 6. The molecule has 2 rings (SSSR count). The molecular weight excluding hydrogens is 280 g/mol. The van der Waals surface area contributed by atoms with E-state index < -0.39 is 0 Å². The fourth-order valence-corrected chi connectivity index (χ4v) is 2.63. The van der Waals surface area contributed by atoms with Gasteiger partial charge in [-0.1, -0.05) is 13.3 Å². The lowest BCUT2D eigenvalue weighted by Crippen LogP contribution is -2.29. The van der Waals surface area contributed by atoms with Gasteiger partial charge in [0.2, 0.25) is 5.95 Å². The Morgan fingerprint density at radius 1 is 1.36 bits per heavy atom. The Hall–Kier alpha value is -1.69. The zero-order valence-corrected chi connectivity index (χ0v) is 13.4. The Labute approximate surface area is 131 Å². The van der Waals surface area contributed by atoms with Crippen molar-refractivity contribution in [1.29, 1.82) is 0 Å². The molecule has 0 unspecified atom stereocenters. The summed E-state index contributed by atoms with van der Waals surface area (Å²) in [4.78, 5) is 20.4. The number of rotatable bonds is 7. The average molecular weight is 306 g/mol. The lowest BCUT2D eigenvalue weighted by atomic mass is 9.93. The maximum atomic E-state index is 11.8. The van der Waals surface area contributed by atoms with Crippen LogP contribution in [-0.4, -0.2) is 39.5 Å². The van der Waals surface area contributed by atoms with Gasteiger partial charge in [0, 0.05) is 18.8 Å². The van der Waals surface area contributed by atoms with Crippen LogP contribution >= 0.6 is 0 Å². The van der Waals surface area contributed by atoms with Gasteiger partial charge < -0.3 is 15.7 Å². The van der Waals surface area contributed by atoms with E-state index in [9.17, 15) is 9.90 Å². The van der Waals surface area contributed by atoms with Gasteiger partial charge in [0.15, 0.2) is 5.78 Å². The molecule has 22 heavy (non-hydrogen) atoms. The lowest BCUT2D eigenvalue weighted by molar-refractivity contribution is 0.101. The molecule has 122 valence electrons. The van der Waals surface area contributed by atoms with Crippen LogP contribution < -0.4 is 10.6 Å². The summed E-state index contributed by atoms with van der Waals surface area (Å²) < 4.78 is 0. The minimum atomic E-state index is -0.193. The summed E-state index contributed by atoms with van der Waals surface area (Å²) in [6, 6.07) is 0.250. The van der Waals surface area contributed by atoms with Crippen LogP contribution in [0.3, 0.4) is 0 Å². The van der Waals surface area contributed by atoms with Gasteiger partial charge in [0.1, 0.15) is 5.82 Å². The number of aromatic nitrogens is 2. The average Bonchev–Trinajstić information content (AvgIpc) is 2.50. The molecule has 1 aromatic rings. The first-order chi connectivity index (χ1) is 10.6. The molecule has 6 nitrogen and oxygen atoms in total. The summed E-state index contributed by atoms with van der Waals surface area (Å²) in [5, 5.41) is 16.1. The Balaban J connectivity index is 2.08. The van der Waals surface area contributed by atoms with E-state index in [1.807, 2.05) is 0 Å². The maximum absolute atomic E-state index is 11.8. The maximum Gasteiger partial charge on any atom is 0.224 e. The molecule has 1 aliphatic carbocycles. The highest BCUT2D eigenvalue weighted by Crippen LogP contribution is 2.23. The highest BCUT2D eigenvalue weighted by Gasteiger charge is 2.21. The minimum Gasteiger partial charge on any atom is -0.393 e. The number of aliphatic hydroxyl groups is 1. The summed E-state index contributed by atoms with van der Waals surface area (Å²) in [7, 11) is 0. The van der Waals surface area contributed by atoms with E-state index in [-0.39, 0.29) is 17.9 Å². The van der Waals surface area contributed by atoms with Crippen LogP contribution in [0.5, 0.6) is 0 Å². The predicted molar refractivity (Wildman–Crippen MR) is 87.3 cm³/mol. The molecular formula is C16H26N4O2. The number of aliphatic hydroxyl groups excluding tert-OH is 1. The summed E-state index contributed by atoms with van der Waals surface area (Å²) in [5.41, 5.74) is 0.521. The SMILES string of the molecule is CCCCNc1ncc(C(C)=O)c(N[C@H]2CC[C@H](O)CC2)n1. The number of anilines is 2. The fourth-order valence-electron chi connectivity index (χ4n) is 2.63. The standard InChI is InChI=1S/C16H26N4O2/c1-3-4-9-17-16-18-10-14(11(2)21)15(20-16)19-12-5-7-13(22)8-6-12/h10,12-13,22H,3-9H2,1-2H3,(H2,17,18,19,20)/t12-,13-. The summed E-state index contributed by atoms with van der Waals surface area (Å²) in [6.07, 6.45) is 6.92. The summed E-state index contributed by atoms with van der Waals surface area (Å²) in [6.45, 7) is 4.48. The first-order valence-corrected chi connectivity index (χ1v) is 8.16. The second-order valence-corrected chi connectivity index (χ2v) is 5.94. The van der Waals surface area contributed by atoms with E-state index in [4.69, 9.17) is 0 Å². The third-order valence-electron chi connectivity index (χ3n) is 4.02. The monoisotopic (exact) mass is 306 g/mol. The van der Waals surface area contributed by atoms with Gasteiger partial charge in [-0.15, -0.1) is 0 Å². The molecule has 0 spiro atoms. The number of unbranched alkanes of at least 4 members (excludes halogenated alkanes) is 1. The number of ketones is 1. The zero-order chi connectivity index (χ0) is 15.9. The van der Waals surface area contributed by atoms with Crippen molar-refractivity contribution >= 4 is 17.5 Å². The fraction of sp³-hybridized carbons (Fsp3) is 0.688. The van der Waals surface area contributed by atoms with Crippen LogP contribution in [0.15, 0.2) is 6.20 Å². The van der Waals surface area contributed by atoms with Crippen molar-refractivity contribution in [1.82, 2.24) is 9.97 Å². The summed E-state index contributed by atoms with van der Waals surface area (Å²) in [5.74, 6) is 1.11. The number of nitrogens with zero attached hydrogens (tertiary/aromatic N) is 2. The first kappa shape index (κ1) is 16.7. The molecule has 1 aromatic heterocycles. The number of nitrogens with one attached hydrogen (secondary N) is 2. The smallest absolute Gasteiger partial charge is 0.224 e. The van der Waals surface area contributed by atoms with E-state index in [0.717, 1.165) is 45.1 Å². The van der Waals surface area contributed by atoms with Gasteiger partial charge >= 0.3 is 0 Å². The number of hydrogen-bond donors (Lipinski definition) is 3. The lowest BCUT2D eigenvalue weighted by Gasteiger charge is -2.27. The van der Waals surface area contributed by atoms with Crippen molar-refractivity contribution in [3.63, 3.8) is 0 Å². The Bertz CT molecular complexity index is 499. The molecule has 0 amide bonds. The number of Topliss-reactive ketones (excluding diaryl/α,β-unsaturated/α-hetero) is 1. The van der Waals surface area contributed by atoms with E-state index in [1.54, 1.807) is 6.20 Å². The Morgan fingerprint density at radius 3 is 2.73 bits per heavy atom. The van der Waals surface area contributed by atoms with Gasteiger partial charge in [-0.25, -0.2) is 4.98 Å². The zero-order valence-electron chi connectivity index (χ0n) is 13.4. The van der Waals surface area contributed by atoms with Gasteiger partial charge in [-0.3, -0.25) is 4.79 Å². The molecule has 1 saturated carbocycles. The molecule has 0 aliphatic heterocycles. The van der Waals surface area contributed by atoms with E-state index >= 15 is 0 Å². The molecule has 1 heterocycles. The third kappa shape index (κ3) is 4.66. The van der Waals surface area contributed by atoms with Crippen molar-refractivity contribution in [2.45, 2.75) is 64.5 Å². The normalized spacial score (nSPS) is 21.4. The van der Waals surface area contributed by atoms with Gasteiger partial charge in [0.05, 0.1) is 11.7 Å². The number of carbonyl (C=O) groups is 1. The van der Waals surface area contributed by atoms with Gasteiger partial charge in [-0.2, -0.15) is 4.98 Å². The quantitative estimate of drug-likeness (QED) is 0.530. The Morgan fingerprint density at radius 2 is 2.09 bits per heavy atom. The van der Waals surface area contributed by atoms with Crippen molar-refractivity contribution in [3.05, 3.63) is 11.8 Å². The molecule has 0 atom stereocenters. The van der Waals surface area contributed by atoms with Crippen molar-refractivity contribution in [2.75, 3.05) is 17.2 Å². The van der Waals surface area contributed by atoms with Gasteiger partial charge in [-0.05, 0) is 39.0 Å². The molecule has 0 aromatic carbocycles. The minimum absolute atomic E-state index is 0.0431. The van der Waals surface area contributed by atoms with Crippen LogP contribution in [0.4, 0.5) is 11.8 Å². The molecule has 0 radical (unpaired) electrons. The van der Waals surface area contributed by atoms with Crippen LogP contribution in [-0.2, 0) is 0 Å². The second kappa shape index (κ2) is 8.08. The van der Waals surface area contributed by atoms with Crippen molar-refractivity contribution < 1.29 is 9.90 Å². The molecule has 3 N–H and O–H groups in total. The first-order valence-electron chi connectivity index (χ1n) is 8.16. The highest BCUT2D eigenvalue weighted by atomic mass is 16.3. The third-order valence-corrected chi connectivity index (χ3v) is 4.02. The molecule has 0 bridgehead atoms. The van der Waals surface area contributed by atoms with Crippen LogP contribution in [0.1, 0.15) is 62.7 Å². The van der Waals surface area contributed by atoms with Crippen molar-refractivity contribution in [2.24, 2.45) is 0 Å². The summed E-state index contributed by atoms with van der Waals surface area (Å²) >= 11 is 0. The van der Waals surface area contributed by atoms with E-state index in [2.05, 4.69) is 27.5 Å². The van der Waals surface area contributed by atoms with E-state index in [0.29, 0.717) is 17.3 Å². The van der Waals surface area contributed by atoms with E-state index in [1.165, 1.54) is 6.92 Å².